The Morgan fingerprint density at radius 2 is 2.00 bits per heavy atom. The van der Waals surface area contributed by atoms with Crippen LogP contribution in [0.5, 0.6) is 0 Å². The fourth-order valence-electron chi connectivity index (χ4n) is 1.99. The smallest absolute Gasteiger partial charge is 0.0110 e. The van der Waals surface area contributed by atoms with Crippen molar-refractivity contribution < 1.29 is 0 Å². The van der Waals surface area contributed by atoms with Crippen molar-refractivity contribution in [1.82, 2.24) is 4.90 Å². The molecule has 1 rings (SSSR count). The van der Waals surface area contributed by atoms with Crippen LogP contribution < -0.4 is 5.73 Å². The lowest BCUT2D eigenvalue weighted by Crippen LogP contribution is -2.43. The van der Waals surface area contributed by atoms with Crippen LogP contribution in [0.3, 0.4) is 0 Å². The molecule has 2 atom stereocenters. The minimum Gasteiger partial charge on any atom is -0.328 e. The molecular weight excluding hydrogens is 148 g/mol. The van der Waals surface area contributed by atoms with E-state index in [-0.39, 0.29) is 0 Å². The highest BCUT2D eigenvalue weighted by atomic mass is 15.2. The second kappa shape index (κ2) is 4.24. The van der Waals surface area contributed by atoms with Gasteiger partial charge in [0.15, 0.2) is 0 Å². The summed E-state index contributed by atoms with van der Waals surface area (Å²) < 4.78 is 0. The van der Waals surface area contributed by atoms with E-state index in [2.05, 4.69) is 25.8 Å². The van der Waals surface area contributed by atoms with E-state index in [9.17, 15) is 0 Å². The largest absolute Gasteiger partial charge is 0.328 e. The van der Waals surface area contributed by atoms with Gasteiger partial charge in [-0.05, 0) is 40.2 Å². The minimum atomic E-state index is 0.449. The molecule has 0 spiro atoms. The summed E-state index contributed by atoms with van der Waals surface area (Å²) in [5.41, 5.74) is 5.94. The third kappa shape index (κ3) is 2.46. The van der Waals surface area contributed by atoms with Gasteiger partial charge in [-0.2, -0.15) is 0 Å². The van der Waals surface area contributed by atoms with Crippen LogP contribution in [-0.2, 0) is 0 Å². The van der Waals surface area contributed by atoms with Crippen molar-refractivity contribution in [2.45, 2.75) is 57.7 Å². The molecule has 0 aliphatic heterocycles. The van der Waals surface area contributed by atoms with Crippen molar-refractivity contribution in [3.8, 4) is 0 Å². The second-order valence-corrected chi connectivity index (χ2v) is 4.34. The number of hydrogen-bond acceptors (Lipinski definition) is 2. The van der Waals surface area contributed by atoms with Gasteiger partial charge in [-0.25, -0.2) is 0 Å². The molecule has 0 heterocycles. The van der Waals surface area contributed by atoms with E-state index in [1.807, 2.05) is 0 Å². The second-order valence-electron chi connectivity index (χ2n) is 4.34. The zero-order chi connectivity index (χ0) is 9.14. The van der Waals surface area contributed by atoms with Gasteiger partial charge in [-0.3, -0.25) is 0 Å². The van der Waals surface area contributed by atoms with Crippen LogP contribution in [0.4, 0.5) is 0 Å². The van der Waals surface area contributed by atoms with E-state index < -0.39 is 0 Å². The minimum absolute atomic E-state index is 0.449. The van der Waals surface area contributed by atoms with Crippen molar-refractivity contribution in [3.05, 3.63) is 0 Å². The first-order chi connectivity index (χ1) is 5.61. The summed E-state index contributed by atoms with van der Waals surface area (Å²) in [5.74, 6) is 0. The molecule has 12 heavy (non-hydrogen) atoms. The van der Waals surface area contributed by atoms with Crippen LogP contribution in [0.15, 0.2) is 0 Å². The molecule has 0 aromatic carbocycles. The van der Waals surface area contributed by atoms with Crippen molar-refractivity contribution in [1.29, 1.82) is 0 Å². The van der Waals surface area contributed by atoms with Gasteiger partial charge >= 0.3 is 0 Å². The maximum Gasteiger partial charge on any atom is 0.0110 e. The molecule has 1 aliphatic rings. The molecule has 0 saturated heterocycles. The van der Waals surface area contributed by atoms with E-state index in [1.165, 1.54) is 25.7 Å². The first-order valence-electron chi connectivity index (χ1n) is 5.08. The molecule has 1 aliphatic carbocycles. The zero-order valence-corrected chi connectivity index (χ0v) is 8.59. The highest BCUT2D eigenvalue weighted by Crippen LogP contribution is 2.22. The molecule has 0 amide bonds. The molecule has 72 valence electrons. The summed E-state index contributed by atoms with van der Waals surface area (Å²) in [6.45, 7) is 4.50. The molecule has 2 nitrogen and oxygen atoms in total. The van der Waals surface area contributed by atoms with Gasteiger partial charge in [0.2, 0.25) is 0 Å². The first kappa shape index (κ1) is 10.0. The number of nitrogens with zero attached hydrogens (tertiary/aromatic N) is 1. The van der Waals surface area contributed by atoms with Gasteiger partial charge in [0.05, 0.1) is 0 Å². The first-order valence-corrected chi connectivity index (χ1v) is 5.08. The summed E-state index contributed by atoms with van der Waals surface area (Å²) in [6, 6.07) is 1.83. The highest BCUT2D eigenvalue weighted by Gasteiger charge is 2.23. The quantitative estimate of drug-likeness (QED) is 0.682. The lowest BCUT2D eigenvalue weighted by atomic mass is 9.90. The Morgan fingerprint density at radius 1 is 1.33 bits per heavy atom. The van der Waals surface area contributed by atoms with Crippen LogP contribution in [0.25, 0.3) is 0 Å². The highest BCUT2D eigenvalue weighted by molar-refractivity contribution is 4.81. The number of rotatable bonds is 2. The average Bonchev–Trinajstić information content (AvgIpc) is 2.03. The molecular formula is C10H22N2. The Bertz CT molecular complexity index is 134. The van der Waals surface area contributed by atoms with Gasteiger partial charge < -0.3 is 10.6 Å². The number of hydrogen-bond donors (Lipinski definition) is 1. The molecule has 1 fully saturated rings. The normalized spacial score (nSPS) is 31.5. The third-order valence-electron chi connectivity index (χ3n) is 3.08. The lowest BCUT2D eigenvalue weighted by Gasteiger charge is -2.36. The topological polar surface area (TPSA) is 29.3 Å². The SMILES string of the molecule is CC(C)N(C)C1CCCC(N)C1. The van der Waals surface area contributed by atoms with Gasteiger partial charge in [0, 0.05) is 18.1 Å². The Hall–Kier alpha value is -0.0800. The Morgan fingerprint density at radius 3 is 2.50 bits per heavy atom. The van der Waals surface area contributed by atoms with Crippen LogP contribution in [0.1, 0.15) is 39.5 Å². The maximum atomic E-state index is 5.94. The van der Waals surface area contributed by atoms with Crippen LogP contribution in [-0.4, -0.2) is 30.1 Å². The van der Waals surface area contributed by atoms with Crippen molar-refractivity contribution in [2.75, 3.05) is 7.05 Å². The van der Waals surface area contributed by atoms with E-state index >= 15 is 0 Å². The van der Waals surface area contributed by atoms with E-state index in [0.717, 1.165) is 6.04 Å². The van der Waals surface area contributed by atoms with Crippen LogP contribution >= 0.6 is 0 Å². The van der Waals surface area contributed by atoms with Gasteiger partial charge in [0.1, 0.15) is 0 Å². The monoisotopic (exact) mass is 170 g/mol. The molecule has 2 N–H and O–H groups in total. The summed E-state index contributed by atoms with van der Waals surface area (Å²) in [6.07, 6.45) is 5.06. The van der Waals surface area contributed by atoms with E-state index in [0.29, 0.717) is 12.1 Å². The Labute approximate surface area is 76.1 Å². The van der Waals surface area contributed by atoms with Gasteiger partial charge in [0.25, 0.3) is 0 Å². The molecule has 2 unspecified atom stereocenters. The van der Waals surface area contributed by atoms with Crippen LogP contribution in [0.2, 0.25) is 0 Å². The summed E-state index contributed by atoms with van der Waals surface area (Å²) >= 11 is 0. The maximum absolute atomic E-state index is 5.94. The third-order valence-corrected chi connectivity index (χ3v) is 3.08. The fraction of sp³-hybridized carbons (Fsp3) is 1.00. The molecule has 1 saturated carbocycles. The van der Waals surface area contributed by atoms with Crippen LogP contribution in [0, 0.1) is 0 Å². The standard InChI is InChI=1S/C10H22N2/c1-8(2)12(3)10-6-4-5-9(11)7-10/h8-10H,4-7,11H2,1-3H3. The van der Waals surface area contributed by atoms with E-state index in [1.54, 1.807) is 0 Å². The van der Waals surface area contributed by atoms with Crippen molar-refractivity contribution in [2.24, 2.45) is 5.73 Å². The molecule has 2 heteroatoms. The van der Waals surface area contributed by atoms with E-state index in [4.69, 9.17) is 5.73 Å². The summed E-state index contributed by atoms with van der Waals surface area (Å²) in [4.78, 5) is 2.46. The molecule has 0 aromatic heterocycles. The predicted octanol–water partition coefficient (Wildman–Crippen LogP) is 1.60. The lowest BCUT2D eigenvalue weighted by molar-refractivity contribution is 0.146. The Balaban J connectivity index is 2.40. The predicted molar refractivity (Wildman–Crippen MR) is 53.1 cm³/mol. The van der Waals surface area contributed by atoms with Crippen molar-refractivity contribution in [3.63, 3.8) is 0 Å². The molecule has 0 bridgehead atoms. The van der Waals surface area contributed by atoms with Gasteiger partial charge in [-0.15, -0.1) is 0 Å². The van der Waals surface area contributed by atoms with Gasteiger partial charge in [-0.1, -0.05) is 6.42 Å². The fourth-order valence-corrected chi connectivity index (χ4v) is 1.99. The molecule has 0 aromatic rings. The average molecular weight is 170 g/mol. The molecule has 0 radical (unpaired) electrons. The number of nitrogens with two attached hydrogens (primary N) is 1. The zero-order valence-electron chi connectivity index (χ0n) is 8.59. The van der Waals surface area contributed by atoms with Crippen molar-refractivity contribution >= 4 is 0 Å². The summed E-state index contributed by atoms with van der Waals surface area (Å²) in [7, 11) is 2.22. The Kier molecular flexibility index (Phi) is 3.53. The summed E-state index contributed by atoms with van der Waals surface area (Å²) in [5, 5.41) is 0.